The third-order valence-corrected chi connectivity index (χ3v) is 4.11. The highest BCUT2D eigenvalue weighted by atomic mass is 127. The van der Waals surface area contributed by atoms with E-state index in [1.54, 1.807) is 25.2 Å². The Kier molecular flexibility index (Phi) is 12.4. The molecule has 0 atom stereocenters. The smallest absolute Gasteiger partial charge is 0.241 e. The second-order valence-electron chi connectivity index (χ2n) is 6.25. The molecule has 0 radical (unpaired) electrons. The zero-order valence-electron chi connectivity index (χ0n) is 17.0. The summed E-state index contributed by atoms with van der Waals surface area (Å²) in [7, 11) is 3.48. The van der Waals surface area contributed by atoms with Crippen molar-refractivity contribution in [1.82, 2.24) is 20.5 Å². The first-order valence-corrected chi connectivity index (χ1v) is 9.45. The van der Waals surface area contributed by atoms with Crippen LogP contribution in [0.5, 0.6) is 5.75 Å². The topological polar surface area (TPSA) is 78.9 Å². The number of likely N-dealkylation sites (N-methyl/N-ethyl adjacent to an activating group) is 1. The van der Waals surface area contributed by atoms with Gasteiger partial charge in [-0.3, -0.25) is 14.8 Å². The highest BCUT2D eigenvalue weighted by molar-refractivity contribution is 14.0. The van der Waals surface area contributed by atoms with Gasteiger partial charge in [-0.2, -0.15) is 0 Å². The Labute approximate surface area is 190 Å². The lowest BCUT2D eigenvalue weighted by Gasteiger charge is -2.18. The number of carbonyl (C=O) groups is 1. The lowest BCUT2D eigenvalue weighted by molar-refractivity contribution is -0.128. The number of aliphatic imine (C=N–C) groups is 1. The monoisotopic (exact) mass is 511 g/mol. The molecule has 158 valence electrons. The highest BCUT2D eigenvalue weighted by Gasteiger charge is 2.09. The van der Waals surface area contributed by atoms with Gasteiger partial charge in [0.15, 0.2) is 5.96 Å². The number of ether oxygens (including phenoxy) is 1. The number of carbonyl (C=O) groups excluding carboxylic acids is 1. The molecule has 0 aliphatic carbocycles. The van der Waals surface area contributed by atoms with Crippen LogP contribution in [0.2, 0.25) is 0 Å². The first-order chi connectivity index (χ1) is 13.7. The van der Waals surface area contributed by atoms with Crippen LogP contribution in [0.3, 0.4) is 0 Å². The largest absolute Gasteiger partial charge is 0.494 e. The molecule has 1 aromatic heterocycles. The van der Waals surface area contributed by atoms with Gasteiger partial charge in [0.2, 0.25) is 5.91 Å². The van der Waals surface area contributed by atoms with Crippen molar-refractivity contribution in [3.8, 4) is 5.75 Å². The van der Waals surface area contributed by atoms with Crippen molar-refractivity contribution < 1.29 is 9.53 Å². The average molecular weight is 511 g/mol. The number of para-hydroxylation sites is 1. The van der Waals surface area contributed by atoms with Crippen molar-refractivity contribution in [2.45, 2.75) is 12.8 Å². The maximum absolute atomic E-state index is 12.3. The lowest BCUT2D eigenvalue weighted by Crippen LogP contribution is -2.44. The number of amides is 1. The van der Waals surface area contributed by atoms with Crippen LogP contribution >= 0.6 is 24.0 Å². The van der Waals surface area contributed by atoms with Crippen molar-refractivity contribution in [2.24, 2.45) is 4.99 Å². The Balaban J connectivity index is 0.00000420. The van der Waals surface area contributed by atoms with Crippen molar-refractivity contribution in [3.05, 3.63) is 60.4 Å². The molecule has 29 heavy (non-hydrogen) atoms. The number of guanidine groups is 1. The van der Waals surface area contributed by atoms with E-state index >= 15 is 0 Å². The SMILES string of the molecule is CN=C(NCCCOc1ccccc1)NCC(=O)N(C)CCc1ccccn1.I. The fraction of sp³-hybridized carbons (Fsp3) is 0.381. The first kappa shape index (κ1) is 24.7. The van der Waals surface area contributed by atoms with Crippen LogP contribution in [0.1, 0.15) is 12.1 Å². The molecule has 0 spiro atoms. The molecule has 0 fully saturated rings. The maximum Gasteiger partial charge on any atom is 0.241 e. The zero-order chi connectivity index (χ0) is 20.0. The Hall–Kier alpha value is -2.36. The van der Waals surface area contributed by atoms with Gasteiger partial charge in [-0.15, -0.1) is 24.0 Å². The molecule has 2 rings (SSSR count). The summed E-state index contributed by atoms with van der Waals surface area (Å²) in [5.74, 6) is 1.47. The number of benzene rings is 1. The normalized spacial score (nSPS) is 10.6. The molecule has 1 amide bonds. The molecule has 0 bridgehead atoms. The number of pyridine rings is 1. The summed E-state index contributed by atoms with van der Waals surface area (Å²) in [6.07, 6.45) is 3.32. The van der Waals surface area contributed by atoms with E-state index < -0.39 is 0 Å². The number of aromatic nitrogens is 1. The Morgan fingerprint density at radius 2 is 1.90 bits per heavy atom. The van der Waals surface area contributed by atoms with E-state index in [2.05, 4.69) is 20.6 Å². The molecule has 8 heteroatoms. The third kappa shape index (κ3) is 10.1. The van der Waals surface area contributed by atoms with Gasteiger partial charge in [-0.05, 0) is 30.7 Å². The fourth-order valence-electron chi connectivity index (χ4n) is 2.45. The number of rotatable bonds is 10. The predicted molar refractivity (Wildman–Crippen MR) is 127 cm³/mol. The zero-order valence-corrected chi connectivity index (χ0v) is 19.3. The van der Waals surface area contributed by atoms with E-state index in [9.17, 15) is 4.79 Å². The van der Waals surface area contributed by atoms with Crippen LogP contribution in [-0.4, -0.2) is 62.1 Å². The molecule has 1 heterocycles. The quantitative estimate of drug-likeness (QED) is 0.222. The maximum atomic E-state index is 12.3. The Morgan fingerprint density at radius 3 is 2.59 bits per heavy atom. The van der Waals surface area contributed by atoms with Crippen LogP contribution in [-0.2, 0) is 11.2 Å². The number of halogens is 1. The van der Waals surface area contributed by atoms with Crippen molar-refractivity contribution >= 4 is 35.8 Å². The van der Waals surface area contributed by atoms with E-state index in [0.29, 0.717) is 25.7 Å². The highest BCUT2D eigenvalue weighted by Crippen LogP contribution is 2.07. The summed E-state index contributed by atoms with van der Waals surface area (Å²) in [6.45, 7) is 2.14. The standard InChI is InChI=1S/C21H29N5O2.HI/c1-22-21(24-14-8-16-28-19-10-4-3-5-11-19)25-17-20(27)26(2)15-12-18-9-6-7-13-23-18;/h3-7,9-11,13H,8,12,14-17H2,1-2H3,(H2,22,24,25);1H. The molecule has 0 aliphatic heterocycles. The molecule has 0 unspecified atom stereocenters. The van der Waals surface area contributed by atoms with Crippen molar-refractivity contribution in [3.63, 3.8) is 0 Å². The van der Waals surface area contributed by atoms with Crippen molar-refractivity contribution in [2.75, 3.05) is 40.3 Å². The van der Waals surface area contributed by atoms with E-state index in [1.165, 1.54) is 0 Å². The van der Waals surface area contributed by atoms with Crippen LogP contribution in [0.25, 0.3) is 0 Å². The molecule has 0 aliphatic rings. The van der Waals surface area contributed by atoms with Crippen LogP contribution < -0.4 is 15.4 Å². The Morgan fingerprint density at radius 1 is 1.14 bits per heavy atom. The summed E-state index contributed by atoms with van der Waals surface area (Å²) in [4.78, 5) is 22.4. The van der Waals surface area contributed by atoms with Crippen LogP contribution in [0.15, 0.2) is 59.7 Å². The first-order valence-electron chi connectivity index (χ1n) is 9.45. The molecule has 0 saturated carbocycles. The van der Waals surface area contributed by atoms with Gasteiger partial charge < -0.3 is 20.3 Å². The van der Waals surface area contributed by atoms with Gasteiger partial charge in [0.05, 0.1) is 13.2 Å². The second kappa shape index (κ2) is 14.6. The predicted octanol–water partition coefficient (Wildman–Crippen LogP) is 2.33. The molecular weight excluding hydrogens is 481 g/mol. The number of hydrogen-bond acceptors (Lipinski definition) is 4. The average Bonchev–Trinajstić information content (AvgIpc) is 2.75. The van der Waals surface area contributed by atoms with Crippen molar-refractivity contribution in [1.29, 1.82) is 0 Å². The van der Waals surface area contributed by atoms with Gasteiger partial charge in [-0.1, -0.05) is 24.3 Å². The molecule has 7 nitrogen and oxygen atoms in total. The summed E-state index contributed by atoms with van der Waals surface area (Å²) in [5.41, 5.74) is 0.977. The van der Waals surface area contributed by atoms with E-state index in [-0.39, 0.29) is 36.4 Å². The minimum atomic E-state index is 0. The van der Waals surface area contributed by atoms with Crippen LogP contribution in [0.4, 0.5) is 0 Å². The summed E-state index contributed by atoms with van der Waals surface area (Å²) in [5, 5.41) is 6.23. The van der Waals surface area contributed by atoms with Gasteiger partial charge >= 0.3 is 0 Å². The molecule has 1 aromatic carbocycles. The summed E-state index contributed by atoms with van der Waals surface area (Å²) in [6, 6.07) is 15.5. The second-order valence-corrected chi connectivity index (χ2v) is 6.25. The van der Waals surface area contributed by atoms with Gasteiger partial charge in [0.1, 0.15) is 5.75 Å². The fourth-order valence-corrected chi connectivity index (χ4v) is 2.45. The summed E-state index contributed by atoms with van der Waals surface area (Å²) < 4.78 is 5.65. The van der Waals surface area contributed by atoms with Crippen LogP contribution in [0, 0.1) is 0 Å². The molecular formula is C21H30IN5O2. The van der Waals surface area contributed by atoms with E-state index in [0.717, 1.165) is 24.3 Å². The van der Waals surface area contributed by atoms with E-state index in [4.69, 9.17) is 4.74 Å². The number of hydrogen-bond donors (Lipinski definition) is 2. The van der Waals surface area contributed by atoms with Gasteiger partial charge in [0, 0.05) is 45.5 Å². The van der Waals surface area contributed by atoms with E-state index in [1.807, 2.05) is 48.5 Å². The molecule has 0 saturated heterocycles. The summed E-state index contributed by atoms with van der Waals surface area (Å²) >= 11 is 0. The third-order valence-electron chi connectivity index (χ3n) is 4.11. The molecule has 2 aromatic rings. The number of nitrogens with one attached hydrogen (secondary N) is 2. The number of nitrogens with zero attached hydrogens (tertiary/aromatic N) is 3. The Bertz CT molecular complexity index is 728. The minimum Gasteiger partial charge on any atom is -0.494 e. The minimum absolute atomic E-state index is 0. The lowest BCUT2D eigenvalue weighted by atomic mass is 10.2. The van der Waals surface area contributed by atoms with Gasteiger partial charge in [0.25, 0.3) is 0 Å². The molecule has 2 N–H and O–H groups in total. The van der Waals surface area contributed by atoms with Gasteiger partial charge in [-0.25, -0.2) is 0 Å².